The minimum Gasteiger partial charge on any atom is -0.465 e. The van der Waals surface area contributed by atoms with Gasteiger partial charge in [-0.2, -0.15) is 0 Å². The molecule has 5 rings (SSSR count). The Labute approximate surface area is 264 Å². The number of hydrogen-bond donors (Lipinski definition) is 1. The van der Waals surface area contributed by atoms with Gasteiger partial charge in [0.1, 0.15) is 17.6 Å². The van der Waals surface area contributed by atoms with Gasteiger partial charge in [-0.05, 0) is 56.2 Å². The van der Waals surface area contributed by atoms with Crippen LogP contribution in [0.25, 0.3) is 0 Å². The van der Waals surface area contributed by atoms with Crippen molar-refractivity contribution in [1.29, 1.82) is 0 Å². The van der Waals surface area contributed by atoms with Crippen molar-refractivity contribution in [1.82, 2.24) is 4.90 Å². The van der Waals surface area contributed by atoms with Crippen LogP contribution in [0.3, 0.4) is 0 Å². The summed E-state index contributed by atoms with van der Waals surface area (Å²) >= 11 is 6.59. The average molecular weight is 621 g/mol. The molecule has 0 saturated carbocycles. The summed E-state index contributed by atoms with van der Waals surface area (Å²) in [5.74, 6) is -3.06. The Morgan fingerprint density at radius 1 is 1.16 bits per heavy atom. The molecular weight excluding hydrogens is 580 g/mol. The van der Waals surface area contributed by atoms with E-state index in [9.17, 15) is 19.5 Å². The molecule has 3 aliphatic heterocycles. The maximum absolute atomic E-state index is 14.9. The normalized spacial score (nSPS) is 27.6. The van der Waals surface area contributed by atoms with Crippen molar-refractivity contribution in [2.24, 2.45) is 11.8 Å². The fraction of sp³-hybridized carbons (Fsp3) is 0.457. The van der Waals surface area contributed by atoms with E-state index in [-0.39, 0.29) is 25.7 Å². The highest BCUT2D eigenvalue weighted by Gasteiger charge is 2.79. The lowest BCUT2D eigenvalue weighted by Gasteiger charge is -2.39. The Hall–Kier alpha value is -3.46. The molecule has 2 bridgehead atoms. The molecule has 0 aliphatic carbocycles. The van der Waals surface area contributed by atoms with Crippen LogP contribution in [0.5, 0.6) is 0 Å². The van der Waals surface area contributed by atoms with Crippen molar-refractivity contribution in [3.8, 4) is 0 Å². The number of unbranched alkanes of at least 4 members (excludes halogenated alkanes) is 1. The highest BCUT2D eigenvalue weighted by Crippen LogP contribution is 2.65. The minimum atomic E-state index is -1.28. The highest BCUT2D eigenvalue weighted by atomic mass is 35.5. The molecular formula is C35H41ClN2O6. The van der Waals surface area contributed by atoms with Crippen LogP contribution in [0.4, 0.5) is 5.69 Å². The number of allylic oxidation sites excluding steroid dienone is 1. The van der Waals surface area contributed by atoms with Crippen molar-refractivity contribution in [3.63, 3.8) is 0 Å². The number of anilines is 1. The van der Waals surface area contributed by atoms with Gasteiger partial charge in [0.25, 0.3) is 5.91 Å². The van der Waals surface area contributed by atoms with Crippen LogP contribution >= 0.6 is 11.6 Å². The van der Waals surface area contributed by atoms with Gasteiger partial charge in [0.2, 0.25) is 5.91 Å². The van der Waals surface area contributed by atoms with Gasteiger partial charge in [-0.3, -0.25) is 14.4 Å². The quantitative estimate of drug-likeness (QED) is 0.179. The number of aliphatic hydroxyl groups excluding tert-OH is 1. The van der Waals surface area contributed by atoms with E-state index in [1.807, 2.05) is 37.3 Å². The van der Waals surface area contributed by atoms with Crippen LogP contribution in [-0.4, -0.2) is 70.8 Å². The van der Waals surface area contributed by atoms with Crippen LogP contribution in [-0.2, 0) is 30.3 Å². The molecule has 2 amide bonds. The van der Waals surface area contributed by atoms with Gasteiger partial charge in [-0.1, -0.05) is 73.1 Å². The zero-order valence-corrected chi connectivity index (χ0v) is 26.0. The number of fused-ring (bicyclic) bond motifs is 1. The van der Waals surface area contributed by atoms with Gasteiger partial charge >= 0.3 is 5.97 Å². The van der Waals surface area contributed by atoms with E-state index in [1.165, 1.54) is 9.80 Å². The molecule has 3 aliphatic rings. The number of amides is 2. The summed E-state index contributed by atoms with van der Waals surface area (Å²) in [4.78, 5) is 46.4. The van der Waals surface area contributed by atoms with Gasteiger partial charge in [-0.15, -0.1) is 13.2 Å². The van der Waals surface area contributed by atoms with E-state index in [0.717, 1.165) is 5.56 Å². The third-order valence-electron chi connectivity index (χ3n) is 9.54. The second-order valence-corrected chi connectivity index (χ2v) is 12.3. The summed E-state index contributed by atoms with van der Waals surface area (Å²) in [5.41, 5.74) is -0.824. The standard InChI is InChI=1S/C35H41ClN2O6/c1-4-7-13-21-43-33(42)29-28-31(40)38(25(23-39)22-24-14-9-8-10-15-24)30(35(28)19-18-34(29,6-3)44-35)32(41)37(20-5-2)27-17-12-11-16-26(27)36/h4-5,8-12,14-17,25,28-30,39H,1-2,6-7,13,18-23H2,3H3/t25-,28+,29-,30?,34+,35?/m1/s1. The van der Waals surface area contributed by atoms with E-state index in [2.05, 4.69) is 13.2 Å². The second-order valence-electron chi connectivity index (χ2n) is 11.9. The van der Waals surface area contributed by atoms with Crippen LogP contribution < -0.4 is 4.90 Å². The summed E-state index contributed by atoms with van der Waals surface area (Å²) in [6.07, 6.45) is 6.42. The molecule has 3 fully saturated rings. The number of esters is 1. The first-order valence-electron chi connectivity index (χ1n) is 15.4. The van der Waals surface area contributed by atoms with Gasteiger partial charge in [0.05, 0.1) is 41.5 Å². The molecule has 1 N–H and O–H groups in total. The maximum atomic E-state index is 14.9. The predicted molar refractivity (Wildman–Crippen MR) is 169 cm³/mol. The molecule has 1 spiro atoms. The summed E-state index contributed by atoms with van der Waals surface area (Å²) in [7, 11) is 0. The number of nitrogens with zero attached hydrogens (tertiary/aromatic N) is 2. The molecule has 0 radical (unpaired) electrons. The molecule has 3 saturated heterocycles. The van der Waals surface area contributed by atoms with Gasteiger partial charge in [-0.25, -0.2) is 0 Å². The fourth-order valence-corrected chi connectivity index (χ4v) is 7.81. The fourth-order valence-electron chi connectivity index (χ4n) is 7.57. The topological polar surface area (TPSA) is 96.4 Å². The van der Waals surface area contributed by atoms with E-state index < -0.39 is 47.0 Å². The number of aliphatic hydroxyl groups is 1. The number of likely N-dealkylation sites (tertiary alicyclic amines) is 1. The molecule has 234 valence electrons. The van der Waals surface area contributed by atoms with Crippen molar-refractivity contribution in [3.05, 3.63) is 90.5 Å². The minimum absolute atomic E-state index is 0.137. The molecule has 3 heterocycles. The van der Waals surface area contributed by atoms with Crippen molar-refractivity contribution >= 4 is 35.1 Å². The Morgan fingerprint density at radius 2 is 1.89 bits per heavy atom. The van der Waals surface area contributed by atoms with Crippen LogP contribution in [0.1, 0.15) is 44.6 Å². The first kappa shape index (κ1) is 31.9. The second kappa shape index (κ2) is 13.3. The van der Waals surface area contributed by atoms with E-state index in [4.69, 9.17) is 21.1 Å². The molecule has 2 aromatic rings. The molecule has 0 aromatic heterocycles. The summed E-state index contributed by atoms with van der Waals surface area (Å²) < 4.78 is 12.6. The zero-order valence-electron chi connectivity index (χ0n) is 25.2. The maximum Gasteiger partial charge on any atom is 0.312 e. The van der Waals surface area contributed by atoms with Gasteiger partial charge < -0.3 is 24.4 Å². The predicted octanol–water partition coefficient (Wildman–Crippen LogP) is 5.13. The molecule has 44 heavy (non-hydrogen) atoms. The molecule has 2 aromatic carbocycles. The lowest BCUT2D eigenvalue weighted by Crippen LogP contribution is -2.59. The molecule has 6 atom stereocenters. The number of benzene rings is 2. The SMILES string of the molecule is C=CCCCOC(=O)[C@H]1[C@H]2C(=O)N([C@@H](CO)Cc3ccccc3)C(C(=O)N(CC=C)c3ccccc3Cl)C23CC[C@]1(CC)O3. The lowest BCUT2D eigenvalue weighted by molar-refractivity contribution is -0.162. The van der Waals surface area contributed by atoms with Crippen LogP contribution in [0.15, 0.2) is 79.9 Å². The van der Waals surface area contributed by atoms with Crippen molar-refractivity contribution in [2.75, 3.05) is 24.7 Å². The number of ether oxygens (including phenoxy) is 2. The number of halogens is 1. The first-order valence-corrected chi connectivity index (χ1v) is 15.8. The zero-order chi connectivity index (χ0) is 31.5. The van der Waals surface area contributed by atoms with Crippen molar-refractivity contribution in [2.45, 2.75) is 68.7 Å². The third-order valence-corrected chi connectivity index (χ3v) is 9.86. The molecule has 8 nitrogen and oxygen atoms in total. The number of para-hydroxylation sites is 1. The number of carbonyl (C=O) groups excluding carboxylic acids is 3. The molecule has 2 unspecified atom stereocenters. The van der Waals surface area contributed by atoms with E-state index >= 15 is 0 Å². The highest BCUT2D eigenvalue weighted by molar-refractivity contribution is 6.34. The van der Waals surface area contributed by atoms with Crippen molar-refractivity contribution < 1.29 is 29.0 Å². The Morgan fingerprint density at radius 3 is 2.55 bits per heavy atom. The smallest absolute Gasteiger partial charge is 0.312 e. The van der Waals surface area contributed by atoms with E-state index in [1.54, 1.807) is 36.4 Å². The monoisotopic (exact) mass is 620 g/mol. The van der Waals surface area contributed by atoms with Gasteiger partial charge in [0.15, 0.2) is 0 Å². The Bertz CT molecular complexity index is 1400. The Balaban J connectivity index is 1.61. The number of carbonyl (C=O) groups is 3. The first-order chi connectivity index (χ1) is 21.3. The van der Waals surface area contributed by atoms with Gasteiger partial charge in [0, 0.05) is 6.54 Å². The number of hydrogen-bond acceptors (Lipinski definition) is 6. The van der Waals surface area contributed by atoms with Crippen LogP contribution in [0, 0.1) is 11.8 Å². The van der Waals surface area contributed by atoms with Crippen LogP contribution in [0.2, 0.25) is 5.02 Å². The largest absolute Gasteiger partial charge is 0.465 e. The lowest BCUT2D eigenvalue weighted by atomic mass is 9.65. The Kier molecular flexibility index (Phi) is 9.63. The number of rotatable bonds is 14. The average Bonchev–Trinajstić information content (AvgIpc) is 3.65. The third kappa shape index (κ3) is 5.37. The summed E-state index contributed by atoms with van der Waals surface area (Å²) in [6.45, 7) is 9.49. The summed E-state index contributed by atoms with van der Waals surface area (Å²) in [6, 6.07) is 14.7. The summed E-state index contributed by atoms with van der Waals surface area (Å²) in [5, 5.41) is 11.1. The van der Waals surface area contributed by atoms with E-state index in [0.29, 0.717) is 49.2 Å². The molecule has 9 heteroatoms.